The number of benzene rings is 2. The first-order valence-electron chi connectivity index (χ1n) is 12.8. The molecule has 11 heteroatoms. The highest BCUT2D eigenvalue weighted by Gasteiger charge is 2.32. The van der Waals surface area contributed by atoms with Crippen LogP contribution in [-0.2, 0) is 20.8 Å². The number of rotatable bonds is 7. The number of carboxylic acid groups (broad SMARTS) is 1. The molecule has 1 aliphatic rings. The second-order valence-corrected chi connectivity index (χ2v) is 9.90. The van der Waals surface area contributed by atoms with Gasteiger partial charge in [0.15, 0.2) is 0 Å². The Morgan fingerprint density at radius 1 is 1.00 bits per heavy atom. The molecule has 5 rings (SSSR count). The first kappa shape index (κ1) is 26.0. The van der Waals surface area contributed by atoms with Crippen LogP contribution < -0.4 is 16.6 Å². The molecule has 2 amide bonds. The molecule has 4 N–H and O–H groups in total. The van der Waals surface area contributed by atoms with Crippen LogP contribution >= 0.6 is 0 Å². The lowest BCUT2D eigenvalue weighted by Gasteiger charge is -2.32. The van der Waals surface area contributed by atoms with Gasteiger partial charge in [-0.25, -0.2) is 9.36 Å². The van der Waals surface area contributed by atoms with E-state index in [2.05, 4.69) is 15.3 Å². The number of aromatic amines is 2. The predicted octanol–water partition coefficient (Wildman–Crippen LogP) is 1.78. The molecule has 202 valence electrons. The highest BCUT2D eigenvalue weighted by molar-refractivity contribution is 5.90. The molecule has 3 heterocycles. The summed E-state index contributed by atoms with van der Waals surface area (Å²) in [6, 6.07) is 11.9. The largest absolute Gasteiger partial charge is 0.481 e. The van der Waals surface area contributed by atoms with E-state index in [1.807, 2.05) is 24.3 Å². The fourth-order valence-electron chi connectivity index (χ4n) is 5.26. The minimum atomic E-state index is -1.24. The molecule has 1 aliphatic heterocycles. The van der Waals surface area contributed by atoms with Gasteiger partial charge in [-0.2, -0.15) is 0 Å². The minimum Gasteiger partial charge on any atom is -0.481 e. The van der Waals surface area contributed by atoms with Crippen LogP contribution in [0, 0.1) is 5.92 Å². The van der Waals surface area contributed by atoms with Crippen LogP contribution in [0.2, 0.25) is 0 Å². The first-order chi connectivity index (χ1) is 18.7. The molecular weight excluding hydrogens is 502 g/mol. The molecule has 0 aliphatic carbocycles. The monoisotopic (exact) mass is 531 g/mol. The molecule has 1 saturated heterocycles. The average molecular weight is 532 g/mol. The minimum absolute atomic E-state index is 0.0299. The van der Waals surface area contributed by atoms with Gasteiger partial charge < -0.3 is 25.3 Å². The second kappa shape index (κ2) is 10.6. The molecule has 2 aromatic heterocycles. The molecule has 11 nitrogen and oxygen atoms in total. The van der Waals surface area contributed by atoms with E-state index in [9.17, 15) is 29.1 Å². The van der Waals surface area contributed by atoms with E-state index in [0.29, 0.717) is 18.4 Å². The summed E-state index contributed by atoms with van der Waals surface area (Å²) in [7, 11) is 0. The van der Waals surface area contributed by atoms with Crippen molar-refractivity contribution in [1.29, 1.82) is 0 Å². The number of H-pyrrole nitrogens is 2. The molecular formula is C28H29N5O6. The Morgan fingerprint density at radius 3 is 2.33 bits per heavy atom. The standard InChI is InChI=1S/C28H29N5O6/c1-16(25(35)32-12-10-17(11-13-32)27(37)38)30-24(34)23(14-18-15-29-21-8-4-2-6-19(18)21)33-26(36)20-7-3-5-9-22(20)31-28(33)39/h2-9,15-17,23,29H,10-14H2,1H3,(H,30,34)(H,31,39)(H,37,38). The molecule has 0 radical (unpaired) electrons. The number of carboxylic acids is 1. The van der Waals surface area contributed by atoms with Gasteiger partial charge in [-0.15, -0.1) is 0 Å². The summed E-state index contributed by atoms with van der Waals surface area (Å²) in [5.74, 6) is -2.37. The molecule has 0 saturated carbocycles. The molecule has 2 unspecified atom stereocenters. The van der Waals surface area contributed by atoms with E-state index >= 15 is 0 Å². The fraction of sp³-hybridized carbons (Fsp3) is 0.321. The predicted molar refractivity (Wildman–Crippen MR) is 144 cm³/mol. The van der Waals surface area contributed by atoms with Crippen molar-refractivity contribution in [1.82, 2.24) is 24.8 Å². The topological polar surface area (TPSA) is 157 Å². The number of nitrogens with zero attached hydrogens (tertiary/aromatic N) is 2. The van der Waals surface area contributed by atoms with Crippen molar-refractivity contribution < 1.29 is 19.5 Å². The van der Waals surface area contributed by atoms with Gasteiger partial charge in [0.2, 0.25) is 11.8 Å². The Balaban J connectivity index is 1.46. The zero-order chi connectivity index (χ0) is 27.7. The zero-order valence-electron chi connectivity index (χ0n) is 21.3. The highest BCUT2D eigenvalue weighted by atomic mass is 16.4. The van der Waals surface area contributed by atoms with Crippen molar-refractivity contribution in [2.24, 2.45) is 5.92 Å². The number of hydrogen-bond donors (Lipinski definition) is 4. The third-order valence-corrected chi connectivity index (χ3v) is 7.42. The summed E-state index contributed by atoms with van der Waals surface area (Å²) in [6.45, 7) is 2.09. The lowest BCUT2D eigenvalue weighted by Crippen LogP contribution is -2.53. The Hall–Kier alpha value is -4.67. The number of fused-ring (bicyclic) bond motifs is 2. The quantitative estimate of drug-likeness (QED) is 0.285. The maximum absolute atomic E-state index is 13.7. The van der Waals surface area contributed by atoms with Crippen molar-refractivity contribution in [2.75, 3.05) is 13.1 Å². The van der Waals surface area contributed by atoms with Gasteiger partial charge in [0.05, 0.1) is 16.8 Å². The van der Waals surface area contributed by atoms with Crippen LogP contribution in [0.1, 0.15) is 31.4 Å². The number of nitrogens with one attached hydrogen (secondary N) is 3. The number of aromatic nitrogens is 3. The van der Waals surface area contributed by atoms with Gasteiger partial charge in [-0.1, -0.05) is 30.3 Å². The van der Waals surface area contributed by atoms with Crippen molar-refractivity contribution in [3.8, 4) is 0 Å². The third kappa shape index (κ3) is 5.07. The van der Waals surface area contributed by atoms with Gasteiger partial charge in [-0.3, -0.25) is 19.2 Å². The van der Waals surface area contributed by atoms with E-state index in [4.69, 9.17) is 0 Å². The number of likely N-dealkylation sites (tertiary alicyclic amines) is 1. The summed E-state index contributed by atoms with van der Waals surface area (Å²) in [5.41, 5.74) is 0.612. The number of aliphatic carboxylic acids is 1. The SMILES string of the molecule is CC(NC(=O)C(Cc1c[nH]c2ccccc12)n1c(=O)[nH]c2ccccc2c1=O)C(=O)N1CCC(C(=O)O)CC1. The summed E-state index contributed by atoms with van der Waals surface area (Å²) >= 11 is 0. The van der Waals surface area contributed by atoms with Crippen LogP contribution in [0.4, 0.5) is 0 Å². The van der Waals surface area contributed by atoms with Crippen LogP contribution in [0.3, 0.4) is 0 Å². The average Bonchev–Trinajstić information content (AvgIpc) is 3.34. The summed E-state index contributed by atoms with van der Waals surface area (Å²) in [6.07, 6.45) is 2.45. The van der Waals surface area contributed by atoms with E-state index in [0.717, 1.165) is 21.0 Å². The molecule has 0 bridgehead atoms. The molecule has 0 spiro atoms. The number of carbonyl (C=O) groups excluding carboxylic acids is 2. The molecule has 2 aromatic carbocycles. The van der Waals surface area contributed by atoms with E-state index in [-0.39, 0.29) is 30.8 Å². The van der Waals surface area contributed by atoms with Crippen LogP contribution in [0.15, 0.2) is 64.3 Å². The van der Waals surface area contributed by atoms with Crippen LogP contribution in [-0.4, -0.2) is 61.5 Å². The first-order valence-corrected chi connectivity index (χ1v) is 12.8. The zero-order valence-corrected chi connectivity index (χ0v) is 21.3. The number of piperidine rings is 1. The Morgan fingerprint density at radius 2 is 1.64 bits per heavy atom. The Kier molecular flexibility index (Phi) is 7.05. The smallest absolute Gasteiger partial charge is 0.329 e. The van der Waals surface area contributed by atoms with Gasteiger partial charge in [-0.05, 0) is 43.5 Å². The van der Waals surface area contributed by atoms with Gasteiger partial charge >= 0.3 is 11.7 Å². The van der Waals surface area contributed by atoms with Gasteiger partial charge in [0.25, 0.3) is 5.56 Å². The number of carbonyl (C=O) groups is 3. The summed E-state index contributed by atoms with van der Waals surface area (Å²) < 4.78 is 0.912. The van der Waals surface area contributed by atoms with Gasteiger partial charge in [0, 0.05) is 36.6 Å². The number of amides is 2. The van der Waals surface area contributed by atoms with Crippen molar-refractivity contribution in [2.45, 2.75) is 38.3 Å². The lowest BCUT2D eigenvalue weighted by molar-refractivity contribution is -0.146. The number of hydrogen-bond acceptors (Lipinski definition) is 5. The summed E-state index contributed by atoms with van der Waals surface area (Å²) in [5, 5.41) is 13.0. The number of para-hydroxylation sites is 2. The lowest BCUT2D eigenvalue weighted by atomic mass is 9.96. The molecule has 4 aromatic rings. The van der Waals surface area contributed by atoms with E-state index in [1.54, 1.807) is 37.4 Å². The van der Waals surface area contributed by atoms with Crippen molar-refractivity contribution in [3.05, 3.63) is 81.1 Å². The fourth-order valence-corrected chi connectivity index (χ4v) is 5.26. The van der Waals surface area contributed by atoms with Crippen LogP contribution in [0.5, 0.6) is 0 Å². The normalized spacial score (nSPS) is 15.8. The van der Waals surface area contributed by atoms with E-state index < -0.39 is 41.1 Å². The molecule has 1 fully saturated rings. The second-order valence-electron chi connectivity index (χ2n) is 9.90. The Bertz CT molecular complexity index is 1680. The van der Waals surface area contributed by atoms with Crippen molar-refractivity contribution >= 4 is 39.6 Å². The van der Waals surface area contributed by atoms with Gasteiger partial charge in [0.1, 0.15) is 12.1 Å². The summed E-state index contributed by atoms with van der Waals surface area (Å²) in [4.78, 5) is 72.0. The van der Waals surface area contributed by atoms with Crippen LogP contribution in [0.25, 0.3) is 21.8 Å². The molecule has 39 heavy (non-hydrogen) atoms. The van der Waals surface area contributed by atoms with Crippen molar-refractivity contribution in [3.63, 3.8) is 0 Å². The Labute approximate surface area is 222 Å². The maximum atomic E-state index is 13.7. The maximum Gasteiger partial charge on any atom is 0.329 e. The third-order valence-electron chi connectivity index (χ3n) is 7.42. The molecule has 2 atom stereocenters. The highest BCUT2D eigenvalue weighted by Crippen LogP contribution is 2.23. The van der Waals surface area contributed by atoms with E-state index in [1.165, 1.54) is 4.90 Å².